The molecular weight excluding hydrogens is 241 g/mol. The summed E-state index contributed by atoms with van der Waals surface area (Å²) in [7, 11) is 1.98. The molecule has 102 valence electrons. The lowest BCUT2D eigenvalue weighted by molar-refractivity contribution is 0.288. The number of nitrogens with two attached hydrogens (primary N) is 1. The Balaban J connectivity index is 1.94. The third-order valence-corrected chi connectivity index (χ3v) is 4.30. The Kier molecular flexibility index (Phi) is 3.05. The largest absolute Gasteiger partial charge is 0.331 e. The van der Waals surface area contributed by atoms with Gasteiger partial charge < -0.3 is 10.3 Å². The molecule has 0 unspecified atom stereocenters. The van der Waals surface area contributed by atoms with Crippen molar-refractivity contribution in [3.63, 3.8) is 0 Å². The third kappa shape index (κ3) is 2.37. The van der Waals surface area contributed by atoms with Crippen LogP contribution in [0.4, 0.5) is 4.39 Å². The zero-order valence-electron chi connectivity index (χ0n) is 11.3. The molecule has 0 atom stereocenters. The number of fused-ring (bicyclic) bond motifs is 1. The molecule has 0 radical (unpaired) electrons. The summed E-state index contributed by atoms with van der Waals surface area (Å²) in [5, 5.41) is 0. The lowest BCUT2D eigenvalue weighted by Crippen LogP contribution is -2.44. The smallest absolute Gasteiger partial charge is 0.125 e. The van der Waals surface area contributed by atoms with E-state index in [-0.39, 0.29) is 11.4 Å². The van der Waals surface area contributed by atoms with Crippen LogP contribution in [0.5, 0.6) is 0 Å². The molecule has 3 rings (SSSR count). The highest BCUT2D eigenvalue weighted by Gasteiger charge is 2.29. The Morgan fingerprint density at radius 2 is 2.05 bits per heavy atom. The van der Waals surface area contributed by atoms with E-state index in [4.69, 9.17) is 5.73 Å². The molecule has 19 heavy (non-hydrogen) atoms. The van der Waals surface area contributed by atoms with Crippen molar-refractivity contribution in [1.29, 1.82) is 0 Å². The lowest BCUT2D eigenvalue weighted by atomic mass is 9.80. The molecule has 1 aliphatic rings. The number of hydrogen-bond donors (Lipinski definition) is 1. The van der Waals surface area contributed by atoms with Gasteiger partial charge in [0.15, 0.2) is 0 Å². The van der Waals surface area contributed by atoms with Gasteiger partial charge in [0.1, 0.15) is 11.6 Å². The summed E-state index contributed by atoms with van der Waals surface area (Å²) in [4.78, 5) is 4.56. The summed E-state index contributed by atoms with van der Waals surface area (Å²) in [5.74, 6) is 0.724. The Morgan fingerprint density at radius 3 is 2.79 bits per heavy atom. The van der Waals surface area contributed by atoms with Crippen LogP contribution in [0.3, 0.4) is 0 Å². The molecule has 1 heterocycles. The summed E-state index contributed by atoms with van der Waals surface area (Å²) in [5.41, 5.74) is 8.04. The van der Waals surface area contributed by atoms with Gasteiger partial charge in [-0.05, 0) is 25.0 Å². The van der Waals surface area contributed by atoms with Crippen LogP contribution in [0, 0.1) is 5.82 Å². The Morgan fingerprint density at radius 1 is 1.32 bits per heavy atom. The van der Waals surface area contributed by atoms with Gasteiger partial charge in [-0.2, -0.15) is 0 Å². The van der Waals surface area contributed by atoms with Gasteiger partial charge in [-0.1, -0.05) is 19.3 Å². The Bertz CT molecular complexity index is 597. The number of aromatic nitrogens is 2. The van der Waals surface area contributed by atoms with E-state index in [0.29, 0.717) is 0 Å². The second kappa shape index (κ2) is 4.60. The summed E-state index contributed by atoms with van der Waals surface area (Å²) in [6.45, 7) is 0. The summed E-state index contributed by atoms with van der Waals surface area (Å²) in [6.07, 6.45) is 6.59. The number of imidazole rings is 1. The van der Waals surface area contributed by atoms with Gasteiger partial charge in [0.05, 0.1) is 11.0 Å². The van der Waals surface area contributed by atoms with E-state index in [2.05, 4.69) is 4.98 Å². The van der Waals surface area contributed by atoms with Crippen LogP contribution in [0.1, 0.15) is 37.9 Å². The van der Waals surface area contributed by atoms with Crippen molar-refractivity contribution >= 4 is 11.0 Å². The van der Waals surface area contributed by atoms with E-state index in [1.165, 1.54) is 31.4 Å². The van der Waals surface area contributed by atoms with Gasteiger partial charge >= 0.3 is 0 Å². The molecule has 0 spiro atoms. The van der Waals surface area contributed by atoms with Crippen LogP contribution in [-0.4, -0.2) is 15.1 Å². The summed E-state index contributed by atoms with van der Waals surface area (Å²) >= 11 is 0. The van der Waals surface area contributed by atoms with E-state index >= 15 is 0 Å². The highest BCUT2D eigenvalue weighted by molar-refractivity contribution is 5.76. The maximum absolute atomic E-state index is 13.2. The molecule has 0 bridgehead atoms. The number of nitrogens with zero attached hydrogens (tertiary/aromatic N) is 2. The summed E-state index contributed by atoms with van der Waals surface area (Å²) in [6, 6.07) is 4.75. The van der Waals surface area contributed by atoms with E-state index < -0.39 is 0 Å². The van der Waals surface area contributed by atoms with Crippen molar-refractivity contribution in [2.45, 2.75) is 44.1 Å². The van der Waals surface area contributed by atoms with Crippen molar-refractivity contribution in [2.24, 2.45) is 12.8 Å². The standard InChI is InChI=1S/C15H20FN3/c1-19-13-6-5-11(16)9-12(13)18-14(19)10-15(17)7-3-2-4-8-15/h5-6,9H,2-4,7-8,10,17H2,1H3. The predicted molar refractivity (Wildman–Crippen MR) is 74.4 cm³/mol. The molecule has 1 aromatic carbocycles. The molecular formula is C15H20FN3. The van der Waals surface area contributed by atoms with Crippen molar-refractivity contribution in [1.82, 2.24) is 9.55 Å². The fourth-order valence-corrected chi connectivity index (χ4v) is 3.13. The SMILES string of the molecule is Cn1c(CC2(N)CCCCC2)nc2cc(F)ccc21. The first-order chi connectivity index (χ1) is 9.07. The fraction of sp³-hybridized carbons (Fsp3) is 0.533. The van der Waals surface area contributed by atoms with Gasteiger partial charge in [0, 0.05) is 25.1 Å². The lowest BCUT2D eigenvalue weighted by Gasteiger charge is -2.33. The zero-order valence-corrected chi connectivity index (χ0v) is 11.3. The average Bonchev–Trinajstić information content (AvgIpc) is 2.66. The molecule has 0 aliphatic heterocycles. The summed E-state index contributed by atoms with van der Waals surface area (Å²) < 4.78 is 15.3. The number of rotatable bonds is 2. The fourth-order valence-electron chi connectivity index (χ4n) is 3.13. The second-order valence-corrected chi connectivity index (χ2v) is 5.82. The minimum Gasteiger partial charge on any atom is -0.331 e. The molecule has 1 fully saturated rings. The van der Waals surface area contributed by atoms with Crippen LogP contribution in [0.15, 0.2) is 18.2 Å². The van der Waals surface area contributed by atoms with Gasteiger partial charge in [-0.15, -0.1) is 0 Å². The number of benzene rings is 1. The monoisotopic (exact) mass is 261 g/mol. The number of halogens is 1. The van der Waals surface area contributed by atoms with Crippen LogP contribution >= 0.6 is 0 Å². The van der Waals surface area contributed by atoms with Gasteiger partial charge in [-0.25, -0.2) is 9.37 Å². The Labute approximate surface area is 112 Å². The topological polar surface area (TPSA) is 43.8 Å². The maximum Gasteiger partial charge on any atom is 0.125 e. The minimum absolute atomic E-state index is 0.133. The molecule has 1 aromatic heterocycles. The van der Waals surface area contributed by atoms with Crippen molar-refractivity contribution in [3.05, 3.63) is 29.8 Å². The van der Waals surface area contributed by atoms with Crippen molar-refractivity contribution in [2.75, 3.05) is 0 Å². The predicted octanol–water partition coefficient (Wildman–Crippen LogP) is 2.92. The normalized spacial score (nSPS) is 18.9. The van der Waals surface area contributed by atoms with E-state index in [1.54, 1.807) is 6.07 Å². The van der Waals surface area contributed by atoms with Gasteiger partial charge in [-0.3, -0.25) is 0 Å². The number of hydrogen-bond acceptors (Lipinski definition) is 2. The molecule has 4 heteroatoms. The minimum atomic E-state index is -0.239. The third-order valence-electron chi connectivity index (χ3n) is 4.30. The number of aryl methyl sites for hydroxylation is 1. The first-order valence-electron chi connectivity index (χ1n) is 6.97. The maximum atomic E-state index is 13.2. The van der Waals surface area contributed by atoms with E-state index in [9.17, 15) is 4.39 Å². The molecule has 2 N–H and O–H groups in total. The average molecular weight is 261 g/mol. The van der Waals surface area contributed by atoms with Gasteiger partial charge in [0.25, 0.3) is 0 Å². The van der Waals surface area contributed by atoms with E-state index in [0.717, 1.165) is 36.1 Å². The highest BCUT2D eigenvalue weighted by Crippen LogP contribution is 2.29. The van der Waals surface area contributed by atoms with Gasteiger partial charge in [0.2, 0.25) is 0 Å². The van der Waals surface area contributed by atoms with Crippen LogP contribution in [0.25, 0.3) is 11.0 Å². The first kappa shape index (κ1) is 12.6. The molecule has 1 aliphatic carbocycles. The molecule has 1 saturated carbocycles. The molecule has 0 amide bonds. The first-order valence-corrected chi connectivity index (χ1v) is 6.97. The van der Waals surface area contributed by atoms with Crippen LogP contribution in [-0.2, 0) is 13.5 Å². The quantitative estimate of drug-likeness (QED) is 0.903. The van der Waals surface area contributed by atoms with E-state index in [1.807, 2.05) is 11.6 Å². The van der Waals surface area contributed by atoms with Crippen LogP contribution < -0.4 is 5.73 Å². The molecule has 2 aromatic rings. The molecule has 3 nitrogen and oxygen atoms in total. The second-order valence-electron chi connectivity index (χ2n) is 5.82. The van der Waals surface area contributed by atoms with Crippen molar-refractivity contribution < 1.29 is 4.39 Å². The zero-order chi connectivity index (χ0) is 13.5. The van der Waals surface area contributed by atoms with Crippen LogP contribution in [0.2, 0.25) is 0 Å². The van der Waals surface area contributed by atoms with Crippen molar-refractivity contribution in [3.8, 4) is 0 Å². The highest BCUT2D eigenvalue weighted by atomic mass is 19.1. The Hall–Kier alpha value is -1.42. The molecule has 0 saturated heterocycles.